The number of hydrogen-bond donors (Lipinski definition) is 1. The van der Waals surface area contributed by atoms with Gasteiger partial charge in [-0.05, 0) is 48.9 Å². The van der Waals surface area contributed by atoms with Gasteiger partial charge in [0.1, 0.15) is 0 Å². The highest BCUT2D eigenvalue weighted by atomic mass is 32.2. The molecule has 140 valence electrons. The fraction of sp³-hybridized carbons (Fsp3) is 0.222. The molecular formula is C18H16N2O5S2. The normalized spacial score (nSPS) is 18.6. The molecule has 1 aliphatic heterocycles. The van der Waals surface area contributed by atoms with Gasteiger partial charge in [-0.1, -0.05) is 6.07 Å². The molecule has 1 fully saturated rings. The molecule has 2 aromatic carbocycles. The topological polar surface area (TPSA) is 121 Å². The molecule has 0 saturated carbocycles. The van der Waals surface area contributed by atoms with Crippen LogP contribution in [-0.4, -0.2) is 39.5 Å². The van der Waals surface area contributed by atoms with Gasteiger partial charge in [0.05, 0.1) is 33.3 Å². The maximum atomic E-state index is 12.6. The van der Waals surface area contributed by atoms with E-state index < -0.39 is 30.8 Å². The molecule has 0 radical (unpaired) electrons. The van der Waals surface area contributed by atoms with Crippen molar-refractivity contribution in [2.24, 2.45) is 0 Å². The van der Waals surface area contributed by atoms with E-state index in [-0.39, 0.29) is 28.4 Å². The Balaban J connectivity index is 1.77. The molecule has 0 aliphatic carbocycles. The lowest BCUT2D eigenvalue weighted by Crippen LogP contribution is -2.22. The lowest BCUT2D eigenvalue weighted by atomic mass is 10.2. The van der Waals surface area contributed by atoms with Crippen LogP contribution in [0.5, 0.6) is 0 Å². The fourth-order valence-electron chi connectivity index (χ4n) is 2.86. The Kier molecular flexibility index (Phi) is 5.04. The number of anilines is 1. The van der Waals surface area contributed by atoms with Gasteiger partial charge in [-0.15, -0.1) is 0 Å². The number of amides is 1. The molecule has 0 unspecified atom stereocenters. The lowest BCUT2D eigenvalue weighted by molar-refractivity contribution is 0.102. The smallest absolute Gasteiger partial charge is 0.255 e. The predicted molar refractivity (Wildman–Crippen MR) is 99.8 cm³/mol. The lowest BCUT2D eigenvalue weighted by Gasteiger charge is -2.11. The first-order valence-electron chi connectivity index (χ1n) is 8.07. The van der Waals surface area contributed by atoms with E-state index in [4.69, 9.17) is 5.26 Å². The Morgan fingerprint density at radius 3 is 2.44 bits per heavy atom. The highest BCUT2D eigenvalue weighted by Gasteiger charge is 2.37. The summed E-state index contributed by atoms with van der Waals surface area (Å²) in [5.74, 6) is -0.941. The van der Waals surface area contributed by atoms with E-state index in [1.54, 1.807) is 18.2 Å². The van der Waals surface area contributed by atoms with Gasteiger partial charge in [-0.25, -0.2) is 16.8 Å². The highest BCUT2D eigenvalue weighted by molar-refractivity contribution is 7.96. The van der Waals surface area contributed by atoms with Gasteiger partial charge in [0, 0.05) is 11.3 Å². The third-order valence-electron chi connectivity index (χ3n) is 4.32. The molecule has 1 atom stereocenters. The largest absolute Gasteiger partial charge is 0.322 e. The number of carbonyl (C=O) groups is 1. The van der Waals surface area contributed by atoms with Crippen LogP contribution >= 0.6 is 0 Å². The zero-order valence-corrected chi connectivity index (χ0v) is 15.8. The molecule has 1 aliphatic rings. The first-order chi connectivity index (χ1) is 12.7. The third kappa shape index (κ3) is 4.18. The van der Waals surface area contributed by atoms with Crippen molar-refractivity contribution < 1.29 is 21.6 Å². The van der Waals surface area contributed by atoms with Crippen molar-refractivity contribution in [2.75, 3.05) is 16.8 Å². The number of nitrogens with one attached hydrogen (secondary N) is 1. The van der Waals surface area contributed by atoms with E-state index >= 15 is 0 Å². The van der Waals surface area contributed by atoms with Crippen molar-refractivity contribution in [1.82, 2.24) is 0 Å². The van der Waals surface area contributed by atoms with E-state index in [1.807, 2.05) is 6.07 Å². The summed E-state index contributed by atoms with van der Waals surface area (Å²) in [5, 5.41) is 10.6. The van der Waals surface area contributed by atoms with Gasteiger partial charge in [0.2, 0.25) is 0 Å². The Hall–Kier alpha value is -2.70. The second kappa shape index (κ2) is 7.13. The van der Waals surface area contributed by atoms with Crippen molar-refractivity contribution in [1.29, 1.82) is 5.26 Å². The van der Waals surface area contributed by atoms with E-state index in [9.17, 15) is 21.6 Å². The van der Waals surface area contributed by atoms with Crippen LogP contribution in [0.4, 0.5) is 5.69 Å². The third-order valence-corrected chi connectivity index (χ3v) is 8.51. The number of nitrogens with zero attached hydrogens (tertiary/aromatic N) is 1. The number of rotatable bonds is 4. The Bertz CT molecular complexity index is 1130. The average molecular weight is 404 g/mol. The van der Waals surface area contributed by atoms with Crippen LogP contribution in [0.15, 0.2) is 53.4 Å². The summed E-state index contributed by atoms with van der Waals surface area (Å²) in [6.07, 6.45) is 0.0855. The monoisotopic (exact) mass is 404 g/mol. The van der Waals surface area contributed by atoms with Crippen molar-refractivity contribution in [3.05, 3.63) is 59.7 Å². The summed E-state index contributed by atoms with van der Waals surface area (Å²) in [6.45, 7) is 0. The first-order valence-corrected chi connectivity index (χ1v) is 11.4. The number of benzene rings is 2. The highest BCUT2D eigenvalue weighted by Crippen LogP contribution is 2.25. The van der Waals surface area contributed by atoms with Gasteiger partial charge in [-0.3, -0.25) is 4.79 Å². The summed E-state index contributed by atoms with van der Waals surface area (Å²) >= 11 is 0. The number of nitriles is 1. The molecule has 1 amide bonds. The molecule has 1 saturated heterocycles. The molecule has 1 heterocycles. The minimum absolute atomic E-state index is 0.00683. The van der Waals surface area contributed by atoms with Gasteiger partial charge in [0.15, 0.2) is 19.7 Å². The minimum Gasteiger partial charge on any atom is -0.322 e. The molecule has 1 N–H and O–H groups in total. The molecule has 0 bridgehead atoms. The predicted octanol–water partition coefficient (Wildman–Crippen LogP) is 1.77. The second-order valence-electron chi connectivity index (χ2n) is 6.24. The quantitative estimate of drug-likeness (QED) is 0.829. The van der Waals surface area contributed by atoms with Gasteiger partial charge in [0.25, 0.3) is 5.91 Å². The Labute approximate surface area is 157 Å². The summed E-state index contributed by atoms with van der Waals surface area (Å²) in [7, 11) is -7.08. The Morgan fingerprint density at radius 1 is 1.15 bits per heavy atom. The number of hydrogen-bond acceptors (Lipinski definition) is 6. The molecule has 0 aromatic heterocycles. The van der Waals surface area contributed by atoms with E-state index in [1.165, 1.54) is 30.3 Å². The van der Waals surface area contributed by atoms with Crippen molar-refractivity contribution in [3.63, 3.8) is 0 Å². The van der Waals surface area contributed by atoms with Crippen molar-refractivity contribution in [2.45, 2.75) is 16.6 Å². The molecular weight excluding hydrogens is 388 g/mol. The first kappa shape index (κ1) is 19.1. The molecule has 7 nitrogen and oxygen atoms in total. The van der Waals surface area contributed by atoms with Crippen molar-refractivity contribution >= 4 is 31.3 Å². The van der Waals surface area contributed by atoms with Gasteiger partial charge < -0.3 is 5.32 Å². The zero-order chi connectivity index (χ0) is 19.7. The summed E-state index contributed by atoms with van der Waals surface area (Å²) in [5.41, 5.74) is 1.10. The van der Waals surface area contributed by atoms with Crippen molar-refractivity contribution in [3.8, 4) is 6.07 Å². The van der Waals surface area contributed by atoms with E-state index in [0.717, 1.165) is 0 Å². The van der Waals surface area contributed by atoms with Crippen LogP contribution in [0.1, 0.15) is 22.3 Å². The van der Waals surface area contributed by atoms with Gasteiger partial charge >= 0.3 is 0 Å². The Morgan fingerprint density at radius 2 is 1.85 bits per heavy atom. The maximum absolute atomic E-state index is 12.6. The molecule has 3 rings (SSSR count). The minimum atomic E-state index is -3.77. The van der Waals surface area contributed by atoms with Crippen LogP contribution in [0, 0.1) is 11.3 Å². The second-order valence-corrected chi connectivity index (χ2v) is 10.7. The number of sulfone groups is 2. The zero-order valence-electron chi connectivity index (χ0n) is 14.1. The number of carbonyl (C=O) groups excluding carboxylic acids is 1. The summed E-state index contributed by atoms with van der Waals surface area (Å²) in [6, 6.07) is 13.7. The maximum Gasteiger partial charge on any atom is 0.255 e. The van der Waals surface area contributed by atoms with Crippen LogP contribution in [0.2, 0.25) is 0 Å². The van der Waals surface area contributed by atoms with E-state index in [0.29, 0.717) is 11.3 Å². The summed E-state index contributed by atoms with van der Waals surface area (Å²) < 4.78 is 48.2. The standard InChI is InChI=1S/C18H16N2O5S2/c19-11-13-2-1-3-15(10-13)20-18(21)14-4-6-16(7-5-14)27(24,25)17-8-9-26(22,23)12-17/h1-7,10,17H,8-9,12H2,(H,20,21)/t17-/m1/s1. The van der Waals surface area contributed by atoms with Crippen LogP contribution < -0.4 is 5.32 Å². The summed E-state index contributed by atoms with van der Waals surface area (Å²) in [4.78, 5) is 12.3. The SMILES string of the molecule is N#Cc1cccc(NC(=O)c2ccc(S(=O)(=O)[C@@H]3CCS(=O)(=O)C3)cc2)c1. The van der Waals surface area contributed by atoms with Crippen LogP contribution in [0.25, 0.3) is 0 Å². The molecule has 0 spiro atoms. The van der Waals surface area contributed by atoms with Crippen LogP contribution in [-0.2, 0) is 19.7 Å². The van der Waals surface area contributed by atoms with E-state index in [2.05, 4.69) is 5.32 Å². The van der Waals surface area contributed by atoms with Gasteiger partial charge in [-0.2, -0.15) is 5.26 Å². The fourth-order valence-corrected chi connectivity index (χ4v) is 7.22. The molecule has 2 aromatic rings. The average Bonchev–Trinajstić information content (AvgIpc) is 3.02. The van der Waals surface area contributed by atoms with Crippen LogP contribution in [0.3, 0.4) is 0 Å². The molecule has 27 heavy (non-hydrogen) atoms. The molecule has 9 heteroatoms.